The van der Waals surface area contributed by atoms with E-state index in [2.05, 4.69) is 41.9 Å². The van der Waals surface area contributed by atoms with Gasteiger partial charge < -0.3 is 20.1 Å². The molecule has 0 fully saturated rings. The number of rotatable bonds is 7. The Kier molecular flexibility index (Phi) is 5.17. The number of hydrogen-bond acceptors (Lipinski definition) is 2. The number of aryl methyl sites for hydroxylation is 1. The average Bonchev–Trinajstić information content (AvgIpc) is 2.69. The number of nitrogens with zero attached hydrogens (tertiary/aromatic N) is 1. The van der Waals surface area contributed by atoms with E-state index in [1.807, 2.05) is 6.07 Å². The molecule has 0 spiro atoms. The monoisotopic (exact) mass is 277 g/mol. The SMILES string of the molecule is Cc1c(C)n(C[C@H](O)C[NH2+]CCCO)c2ccccc12. The molecular weight excluding hydrogens is 252 g/mol. The van der Waals surface area contributed by atoms with Gasteiger partial charge in [-0.15, -0.1) is 0 Å². The molecule has 0 saturated carbocycles. The molecule has 4 nitrogen and oxygen atoms in total. The standard InChI is InChI=1S/C16H24N2O2/c1-12-13(2)18(16-7-4-3-6-15(12)16)11-14(20)10-17-8-5-9-19/h3-4,6-7,14,17,19-20H,5,8-11H2,1-2H3/p+1/t14-/m1/s1. The predicted molar refractivity (Wildman–Crippen MR) is 80.8 cm³/mol. The Labute approximate surface area is 120 Å². The lowest BCUT2D eigenvalue weighted by atomic mass is 10.2. The molecule has 0 unspecified atom stereocenters. The van der Waals surface area contributed by atoms with Crippen LogP contribution in [0.5, 0.6) is 0 Å². The van der Waals surface area contributed by atoms with Crippen LogP contribution in [-0.2, 0) is 6.54 Å². The van der Waals surface area contributed by atoms with Crippen molar-refractivity contribution < 1.29 is 15.5 Å². The van der Waals surface area contributed by atoms with E-state index in [-0.39, 0.29) is 12.7 Å². The third-order valence-corrected chi connectivity index (χ3v) is 3.94. The fraction of sp³-hybridized carbons (Fsp3) is 0.500. The summed E-state index contributed by atoms with van der Waals surface area (Å²) in [5.74, 6) is 0. The molecule has 0 bridgehead atoms. The lowest BCUT2D eigenvalue weighted by molar-refractivity contribution is -0.661. The normalized spacial score (nSPS) is 13.0. The molecule has 1 atom stereocenters. The third-order valence-electron chi connectivity index (χ3n) is 3.94. The molecule has 110 valence electrons. The summed E-state index contributed by atoms with van der Waals surface area (Å²) in [5, 5.41) is 22.2. The number of nitrogens with two attached hydrogens (primary N) is 1. The molecule has 0 radical (unpaired) electrons. The summed E-state index contributed by atoms with van der Waals surface area (Å²) >= 11 is 0. The number of fused-ring (bicyclic) bond motifs is 1. The van der Waals surface area contributed by atoms with Crippen LogP contribution in [0.25, 0.3) is 10.9 Å². The van der Waals surface area contributed by atoms with Gasteiger partial charge in [0, 0.05) is 29.6 Å². The van der Waals surface area contributed by atoms with Crippen LogP contribution in [0.3, 0.4) is 0 Å². The highest BCUT2D eigenvalue weighted by Crippen LogP contribution is 2.24. The second-order valence-corrected chi connectivity index (χ2v) is 5.38. The zero-order chi connectivity index (χ0) is 14.5. The van der Waals surface area contributed by atoms with E-state index in [0.717, 1.165) is 13.0 Å². The minimum absolute atomic E-state index is 0.215. The van der Waals surface area contributed by atoms with E-state index in [1.165, 1.54) is 22.2 Å². The van der Waals surface area contributed by atoms with Gasteiger partial charge in [0.05, 0.1) is 13.1 Å². The Balaban J connectivity index is 2.07. The fourth-order valence-electron chi connectivity index (χ4n) is 2.67. The van der Waals surface area contributed by atoms with Gasteiger partial charge in [-0.05, 0) is 25.5 Å². The van der Waals surface area contributed by atoms with Crippen molar-refractivity contribution in [3.8, 4) is 0 Å². The zero-order valence-corrected chi connectivity index (χ0v) is 12.3. The van der Waals surface area contributed by atoms with E-state index < -0.39 is 0 Å². The predicted octanol–water partition coefficient (Wildman–Crippen LogP) is 0.565. The quantitative estimate of drug-likeness (QED) is 0.648. The Bertz CT molecular complexity index is 563. The highest BCUT2D eigenvalue weighted by atomic mass is 16.3. The number of aromatic nitrogens is 1. The van der Waals surface area contributed by atoms with Crippen LogP contribution in [0.2, 0.25) is 0 Å². The molecule has 1 aromatic carbocycles. The molecule has 20 heavy (non-hydrogen) atoms. The van der Waals surface area contributed by atoms with Gasteiger partial charge in [-0.2, -0.15) is 0 Å². The maximum atomic E-state index is 10.2. The molecule has 0 aliphatic rings. The van der Waals surface area contributed by atoms with Crippen molar-refractivity contribution in [2.45, 2.75) is 32.9 Å². The van der Waals surface area contributed by atoms with Crippen molar-refractivity contribution in [1.29, 1.82) is 0 Å². The molecule has 0 aliphatic heterocycles. The van der Waals surface area contributed by atoms with Crippen LogP contribution >= 0.6 is 0 Å². The summed E-state index contributed by atoms with van der Waals surface area (Å²) in [5.41, 5.74) is 3.70. The van der Waals surface area contributed by atoms with Gasteiger partial charge >= 0.3 is 0 Å². The van der Waals surface area contributed by atoms with E-state index in [9.17, 15) is 5.11 Å². The first kappa shape index (κ1) is 15.0. The number of aliphatic hydroxyl groups is 2. The number of hydrogen-bond donors (Lipinski definition) is 3. The molecule has 1 heterocycles. The summed E-state index contributed by atoms with van der Waals surface area (Å²) < 4.78 is 2.20. The molecule has 0 saturated heterocycles. The number of para-hydroxylation sites is 1. The lowest BCUT2D eigenvalue weighted by Gasteiger charge is -2.13. The first-order valence-electron chi connectivity index (χ1n) is 7.30. The molecule has 4 heteroatoms. The first-order valence-corrected chi connectivity index (χ1v) is 7.30. The van der Waals surface area contributed by atoms with Crippen molar-refractivity contribution in [2.24, 2.45) is 0 Å². The number of quaternary nitrogens is 1. The van der Waals surface area contributed by atoms with E-state index >= 15 is 0 Å². The molecular formula is C16H25N2O2+. The van der Waals surface area contributed by atoms with Crippen LogP contribution in [-0.4, -0.2) is 40.6 Å². The van der Waals surface area contributed by atoms with Crippen molar-refractivity contribution in [1.82, 2.24) is 4.57 Å². The molecule has 0 aliphatic carbocycles. The highest BCUT2D eigenvalue weighted by molar-refractivity contribution is 5.85. The maximum absolute atomic E-state index is 10.2. The number of aliphatic hydroxyl groups excluding tert-OH is 2. The number of benzene rings is 1. The van der Waals surface area contributed by atoms with E-state index in [0.29, 0.717) is 13.1 Å². The van der Waals surface area contributed by atoms with Gasteiger partial charge in [0.2, 0.25) is 0 Å². The van der Waals surface area contributed by atoms with E-state index in [1.54, 1.807) is 0 Å². The van der Waals surface area contributed by atoms with Gasteiger partial charge in [0.15, 0.2) is 0 Å². The summed E-state index contributed by atoms with van der Waals surface area (Å²) in [6, 6.07) is 8.33. The smallest absolute Gasteiger partial charge is 0.121 e. The summed E-state index contributed by atoms with van der Waals surface area (Å²) in [7, 11) is 0. The minimum Gasteiger partial charge on any atom is -0.396 e. The van der Waals surface area contributed by atoms with Gasteiger partial charge in [-0.3, -0.25) is 0 Å². The zero-order valence-electron chi connectivity index (χ0n) is 12.3. The van der Waals surface area contributed by atoms with Gasteiger partial charge in [0.25, 0.3) is 0 Å². The molecule has 1 aromatic heterocycles. The van der Waals surface area contributed by atoms with Gasteiger partial charge in [-0.1, -0.05) is 18.2 Å². The Hall–Kier alpha value is -1.36. The second-order valence-electron chi connectivity index (χ2n) is 5.38. The van der Waals surface area contributed by atoms with Crippen LogP contribution in [0.15, 0.2) is 24.3 Å². The highest BCUT2D eigenvalue weighted by Gasteiger charge is 2.14. The summed E-state index contributed by atoms with van der Waals surface area (Å²) in [6.07, 6.45) is 0.403. The Morgan fingerprint density at radius 1 is 1.25 bits per heavy atom. The third kappa shape index (κ3) is 3.20. The molecule has 4 N–H and O–H groups in total. The lowest BCUT2D eigenvalue weighted by Crippen LogP contribution is -2.86. The van der Waals surface area contributed by atoms with Gasteiger partial charge in [0.1, 0.15) is 12.6 Å². The van der Waals surface area contributed by atoms with Crippen LogP contribution in [0, 0.1) is 13.8 Å². The first-order chi connectivity index (χ1) is 9.65. The average molecular weight is 277 g/mol. The second kappa shape index (κ2) is 6.88. The summed E-state index contributed by atoms with van der Waals surface area (Å²) in [4.78, 5) is 0. The van der Waals surface area contributed by atoms with Crippen LogP contribution < -0.4 is 5.32 Å². The fourth-order valence-corrected chi connectivity index (χ4v) is 2.67. The molecule has 2 aromatic rings. The van der Waals surface area contributed by atoms with E-state index in [4.69, 9.17) is 5.11 Å². The minimum atomic E-state index is -0.373. The van der Waals surface area contributed by atoms with Crippen LogP contribution in [0.4, 0.5) is 0 Å². The van der Waals surface area contributed by atoms with Crippen LogP contribution in [0.1, 0.15) is 17.7 Å². The Morgan fingerprint density at radius 2 is 2.00 bits per heavy atom. The molecule has 0 amide bonds. The largest absolute Gasteiger partial charge is 0.396 e. The van der Waals surface area contributed by atoms with Crippen molar-refractivity contribution in [2.75, 3.05) is 19.7 Å². The van der Waals surface area contributed by atoms with Crippen molar-refractivity contribution >= 4 is 10.9 Å². The molecule has 2 rings (SSSR count). The summed E-state index contributed by atoms with van der Waals surface area (Å²) in [6.45, 7) is 6.61. The van der Waals surface area contributed by atoms with Gasteiger partial charge in [-0.25, -0.2) is 0 Å². The van der Waals surface area contributed by atoms with Crippen molar-refractivity contribution in [3.05, 3.63) is 35.5 Å². The van der Waals surface area contributed by atoms with Crippen molar-refractivity contribution in [3.63, 3.8) is 0 Å². The maximum Gasteiger partial charge on any atom is 0.121 e. The Morgan fingerprint density at radius 3 is 2.75 bits per heavy atom. The topological polar surface area (TPSA) is 62.0 Å².